The molecular weight excluding hydrogens is 226 g/mol. The zero-order valence-electron chi connectivity index (χ0n) is 9.57. The molecule has 1 rings (SSSR count). The predicted octanol–water partition coefficient (Wildman–Crippen LogP) is 1.64. The third-order valence-electron chi connectivity index (χ3n) is 2.88. The molecular formula is C11H19NO3S. The Balaban J connectivity index is 2.12. The van der Waals surface area contributed by atoms with Crippen LogP contribution in [-0.2, 0) is 9.59 Å². The lowest BCUT2D eigenvalue weighted by Crippen LogP contribution is -2.32. The van der Waals surface area contributed by atoms with Gasteiger partial charge in [0.05, 0.1) is 0 Å². The van der Waals surface area contributed by atoms with Crippen molar-refractivity contribution in [3.05, 3.63) is 0 Å². The van der Waals surface area contributed by atoms with Crippen molar-refractivity contribution in [3.8, 4) is 0 Å². The predicted molar refractivity (Wildman–Crippen MR) is 64.6 cm³/mol. The van der Waals surface area contributed by atoms with E-state index in [2.05, 4.69) is 11.6 Å². The molecule has 0 aromatic carbocycles. The van der Waals surface area contributed by atoms with E-state index in [1.807, 2.05) is 11.8 Å². The Morgan fingerprint density at radius 3 is 2.69 bits per heavy atom. The van der Waals surface area contributed by atoms with Gasteiger partial charge in [-0.3, -0.25) is 9.59 Å². The van der Waals surface area contributed by atoms with E-state index in [0.29, 0.717) is 24.1 Å². The molecule has 2 unspecified atom stereocenters. The van der Waals surface area contributed by atoms with E-state index in [4.69, 9.17) is 5.11 Å². The van der Waals surface area contributed by atoms with Crippen molar-refractivity contribution in [2.24, 2.45) is 0 Å². The van der Waals surface area contributed by atoms with Crippen LogP contribution < -0.4 is 5.32 Å². The highest BCUT2D eigenvalue weighted by Crippen LogP contribution is 2.28. The van der Waals surface area contributed by atoms with Gasteiger partial charge in [0.1, 0.15) is 0 Å². The van der Waals surface area contributed by atoms with Crippen LogP contribution in [0.3, 0.4) is 0 Å². The molecule has 0 saturated heterocycles. The summed E-state index contributed by atoms with van der Waals surface area (Å²) < 4.78 is 0. The molecule has 92 valence electrons. The summed E-state index contributed by atoms with van der Waals surface area (Å²) in [7, 11) is 0. The summed E-state index contributed by atoms with van der Waals surface area (Å²) >= 11 is 1.86. The summed E-state index contributed by atoms with van der Waals surface area (Å²) in [5.41, 5.74) is 0. The lowest BCUT2D eigenvalue weighted by molar-refractivity contribution is -0.137. The number of carboxylic acid groups (broad SMARTS) is 1. The minimum Gasteiger partial charge on any atom is -0.481 e. The van der Waals surface area contributed by atoms with Gasteiger partial charge in [0.2, 0.25) is 5.91 Å². The van der Waals surface area contributed by atoms with Crippen LogP contribution >= 0.6 is 11.8 Å². The molecule has 2 atom stereocenters. The quantitative estimate of drug-likeness (QED) is 0.746. The molecule has 0 radical (unpaired) electrons. The van der Waals surface area contributed by atoms with Crippen molar-refractivity contribution in [2.45, 2.75) is 49.8 Å². The maximum absolute atomic E-state index is 11.5. The molecule has 0 aromatic rings. The molecule has 5 heteroatoms. The van der Waals surface area contributed by atoms with E-state index < -0.39 is 5.97 Å². The van der Waals surface area contributed by atoms with Crippen LogP contribution in [0.5, 0.6) is 0 Å². The van der Waals surface area contributed by atoms with Crippen LogP contribution in [0.4, 0.5) is 0 Å². The Morgan fingerprint density at radius 2 is 2.12 bits per heavy atom. The summed E-state index contributed by atoms with van der Waals surface area (Å²) in [5.74, 6) is -0.843. The number of aliphatic carboxylic acids is 1. The third kappa shape index (κ3) is 4.88. The molecule has 1 fully saturated rings. The Hall–Kier alpha value is -0.710. The molecule has 4 nitrogen and oxygen atoms in total. The first kappa shape index (κ1) is 13.4. The van der Waals surface area contributed by atoms with Gasteiger partial charge in [-0.15, -0.1) is 0 Å². The van der Waals surface area contributed by atoms with E-state index in [0.717, 1.165) is 12.8 Å². The molecule has 1 amide bonds. The minimum atomic E-state index is -0.837. The minimum absolute atomic E-state index is 0.00648. The van der Waals surface area contributed by atoms with E-state index in [1.165, 1.54) is 6.42 Å². The Labute approximate surface area is 100 Å². The molecule has 0 aromatic heterocycles. The van der Waals surface area contributed by atoms with Gasteiger partial charge in [0.25, 0.3) is 0 Å². The number of thioether (sulfide) groups is 1. The van der Waals surface area contributed by atoms with Gasteiger partial charge in [0.15, 0.2) is 0 Å². The molecule has 0 spiro atoms. The maximum Gasteiger partial charge on any atom is 0.303 e. The van der Waals surface area contributed by atoms with Crippen molar-refractivity contribution >= 4 is 23.6 Å². The van der Waals surface area contributed by atoms with Crippen LogP contribution in [-0.4, -0.2) is 34.5 Å². The Morgan fingerprint density at radius 1 is 1.38 bits per heavy atom. The topological polar surface area (TPSA) is 66.4 Å². The molecule has 1 saturated carbocycles. The number of hydrogen-bond acceptors (Lipinski definition) is 3. The summed E-state index contributed by atoms with van der Waals surface area (Å²) in [4.78, 5) is 21.7. The Bertz CT molecular complexity index is 258. The first-order chi connectivity index (χ1) is 7.61. The van der Waals surface area contributed by atoms with E-state index in [9.17, 15) is 9.59 Å². The van der Waals surface area contributed by atoms with Crippen LogP contribution in [0.2, 0.25) is 0 Å². The fourth-order valence-electron chi connectivity index (χ4n) is 1.99. The standard InChI is InChI=1S/C11H19NO3S/c1-16-9-6-5-8(7-9)12-10(13)3-2-4-11(14)15/h8-9H,2-7H2,1H3,(H,12,13)(H,14,15). The summed E-state index contributed by atoms with van der Waals surface area (Å²) in [6, 6.07) is 0.301. The first-order valence-corrected chi connectivity index (χ1v) is 6.94. The van der Waals surface area contributed by atoms with E-state index in [-0.39, 0.29) is 12.3 Å². The summed E-state index contributed by atoms with van der Waals surface area (Å²) in [5, 5.41) is 12.1. The Kier molecular flexibility index (Phi) is 5.66. The van der Waals surface area contributed by atoms with Crippen molar-refractivity contribution in [1.29, 1.82) is 0 Å². The van der Waals surface area contributed by atoms with Crippen molar-refractivity contribution in [2.75, 3.05) is 6.26 Å². The van der Waals surface area contributed by atoms with Crippen LogP contribution in [0.15, 0.2) is 0 Å². The SMILES string of the molecule is CSC1CCC(NC(=O)CCCC(=O)O)C1. The number of nitrogens with one attached hydrogen (secondary N) is 1. The number of rotatable bonds is 6. The lowest BCUT2D eigenvalue weighted by atomic mass is 10.2. The second kappa shape index (κ2) is 6.78. The molecule has 0 aliphatic heterocycles. The fraction of sp³-hybridized carbons (Fsp3) is 0.818. The number of amides is 1. The summed E-state index contributed by atoms with van der Waals surface area (Å²) in [6.07, 6.45) is 6.20. The molecule has 1 aliphatic rings. The molecule has 2 N–H and O–H groups in total. The molecule has 0 heterocycles. The van der Waals surface area contributed by atoms with Gasteiger partial charge >= 0.3 is 5.97 Å². The zero-order valence-corrected chi connectivity index (χ0v) is 10.4. The molecule has 16 heavy (non-hydrogen) atoms. The van der Waals surface area contributed by atoms with Gasteiger partial charge < -0.3 is 10.4 Å². The van der Waals surface area contributed by atoms with Crippen LogP contribution in [0.25, 0.3) is 0 Å². The van der Waals surface area contributed by atoms with Gasteiger partial charge in [-0.1, -0.05) is 0 Å². The smallest absolute Gasteiger partial charge is 0.303 e. The van der Waals surface area contributed by atoms with Crippen LogP contribution in [0, 0.1) is 0 Å². The van der Waals surface area contributed by atoms with Gasteiger partial charge in [0, 0.05) is 24.1 Å². The highest BCUT2D eigenvalue weighted by atomic mass is 32.2. The average molecular weight is 245 g/mol. The summed E-state index contributed by atoms with van der Waals surface area (Å²) in [6.45, 7) is 0. The lowest BCUT2D eigenvalue weighted by Gasteiger charge is -2.12. The van der Waals surface area contributed by atoms with Crippen molar-refractivity contribution in [1.82, 2.24) is 5.32 Å². The second-order valence-electron chi connectivity index (χ2n) is 4.18. The van der Waals surface area contributed by atoms with Crippen LogP contribution in [0.1, 0.15) is 38.5 Å². The highest BCUT2D eigenvalue weighted by molar-refractivity contribution is 7.99. The van der Waals surface area contributed by atoms with Crippen molar-refractivity contribution < 1.29 is 14.7 Å². The monoisotopic (exact) mass is 245 g/mol. The first-order valence-electron chi connectivity index (χ1n) is 5.65. The third-order valence-corrected chi connectivity index (χ3v) is 3.97. The molecule has 1 aliphatic carbocycles. The van der Waals surface area contributed by atoms with E-state index in [1.54, 1.807) is 0 Å². The largest absolute Gasteiger partial charge is 0.481 e. The number of carbonyl (C=O) groups excluding carboxylic acids is 1. The van der Waals surface area contributed by atoms with Gasteiger partial charge in [-0.05, 0) is 31.9 Å². The van der Waals surface area contributed by atoms with E-state index >= 15 is 0 Å². The van der Waals surface area contributed by atoms with Gasteiger partial charge in [-0.2, -0.15) is 11.8 Å². The number of hydrogen-bond donors (Lipinski definition) is 2. The number of carbonyl (C=O) groups is 2. The fourth-order valence-corrected chi connectivity index (χ4v) is 2.78. The molecule has 0 bridgehead atoms. The normalized spacial score (nSPS) is 24.3. The number of carboxylic acids is 1. The average Bonchev–Trinajstić information content (AvgIpc) is 2.65. The maximum atomic E-state index is 11.5. The van der Waals surface area contributed by atoms with Gasteiger partial charge in [-0.25, -0.2) is 0 Å². The second-order valence-corrected chi connectivity index (χ2v) is 5.32. The van der Waals surface area contributed by atoms with Crippen molar-refractivity contribution in [3.63, 3.8) is 0 Å². The zero-order chi connectivity index (χ0) is 12.0. The highest BCUT2D eigenvalue weighted by Gasteiger charge is 2.24.